The Hall–Kier alpha value is -2.09. The van der Waals surface area contributed by atoms with Crippen LogP contribution >= 0.6 is 15.9 Å². The molecule has 0 aliphatic rings. The van der Waals surface area contributed by atoms with Gasteiger partial charge in [0.2, 0.25) is 0 Å². The lowest BCUT2D eigenvalue weighted by Crippen LogP contribution is -2.08. The van der Waals surface area contributed by atoms with E-state index in [0.29, 0.717) is 22.1 Å². The van der Waals surface area contributed by atoms with Crippen LogP contribution in [0.5, 0.6) is 0 Å². The molecule has 3 aromatic heterocycles. The predicted molar refractivity (Wildman–Crippen MR) is 71.0 cm³/mol. The number of aldehydes is 1. The van der Waals surface area contributed by atoms with E-state index in [1.54, 1.807) is 6.07 Å². The normalized spacial score (nSPS) is 12.0. The second-order valence-electron chi connectivity index (χ2n) is 4.29. The van der Waals surface area contributed by atoms with Crippen LogP contribution in [0, 0.1) is 0 Å². The molecule has 0 fully saturated rings. The molecule has 3 aromatic rings. The van der Waals surface area contributed by atoms with Crippen LogP contribution in [0.2, 0.25) is 0 Å². The average molecular weight is 359 g/mol. The lowest BCUT2D eigenvalue weighted by atomic mass is 10.1. The molecular formula is C13H6BrF3N2O2. The number of carbonyl (C=O) groups excluding carboxylic acids is 1. The van der Waals surface area contributed by atoms with E-state index in [9.17, 15) is 18.0 Å². The van der Waals surface area contributed by atoms with Crippen molar-refractivity contribution in [1.82, 2.24) is 9.38 Å². The van der Waals surface area contributed by atoms with Gasteiger partial charge in [-0.3, -0.25) is 4.79 Å². The minimum absolute atomic E-state index is 0.0639. The van der Waals surface area contributed by atoms with Crippen LogP contribution in [0.25, 0.3) is 16.8 Å². The van der Waals surface area contributed by atoms with Gasteiger partial charge < -0.3 is 8.82 Å². The maximum absolute atomic E-state index is 13.2. The molecule has 108 valence electrons. The van der Waals surface area contributed by atoms with Crippen molar-refractivity contribution in [3.63, 3.8) is 0 Å². The van der Waals surface area contributed by atoms with Crippen LogP contribution < -0.4 is 0 Å². The van der Waals surface area contributed by atoms with Crippen molar-refractivity contribution >= 4 is 27.9 Å². The topological polar surface area (TPSA) is 47.5 Å². The van der Waals surface area contributed by atoms with Gasteiger partial charge in [-0.1, -0.05) is 0 Å². The van der Waals surface area contributed by atoms with Crippen LogP contribution in [0.4, 0.5) is 13.2 Å². The summed E-state index contributed by atoms with van der Waals surface area (Å²) in [4.78, 5) is 14.4. The number of pyridine rings is 1. The molecule has 8 heteroatoms. The molecule has 3 heterocycles. The molecule has 0 saturated carbocycles. The summed E-state index contributed by atoms with van der Waals surface area (Å²) in [5, 5.41) is 0. The maximum Gasteiger partial charge on any atom is 0.420 e. The number of aromatic nitrogens is 2. The zero-order valence-electron chi connectivity index (χ0n) is 10.2. The Morgan fingerprint density at radius 2 is 2.00 bits per heavy atom. The fourth-order valence-electron chi connectivity index (χ4n) is 2.00. The van der Waals surface area contributed by atoms with Gasteiger partial charge in [-0.2, -0.15) is 13.2 Å². The van der Waals surface area contributed by atoms with Crippen LogP contribution in [-0.4, -0.2) is 15.7 Å². The fraction of sp³-hybridized carbons (Fsp3) is 0.0769. The number of halogens is 4. The molecule has 0 radical (unpaired) electrons. The van der Waals surface area contributed by atoms with Crippen molar-refractivity contribution in [3.8, 4) is 11.1 Å². The van der Waals surface area contributed by atoms with E-state index in [0.717, 1.165) is 6.07 Å². The minimum atomic E-state index is -4.58. The van der Waals surface area contributed by atoms with Crippen molar-refractivity contribution in [2.24, 2.45) is 0 Å². The number of nitrogens with zero attached hydrogens (tertiary/aromatic N) is 2. The van der Waals surface area contributed by atoms with Crippen molar-refractivity contribution in [1.29, 1.82) is 0 Å². The third-order valence-corrected chi connectivity index (χ3v) is 3.31. The third kappa shape index (κ3) is 2.46. The number of rotatable bonds is 2. The van der Waals surface area contributed by atoms with E-state index in [1.807, 2.05) is 0 Å². The Morgan fingerprint density at radius 1 is 1.24 bits per heavy atom. The molecule has 0 amide bonds. The molecule has 0 unspecified atom stereocenters. The van der Waals surface area contributed by atoms with E-state index >= 15 is 0 Å². The molecule has 4 nitrogen and oxygen atoms in total. The average Bonchev–Trinajstić information content (AvgIpc) is 3.01. The van der Waals surface area contributed by atoms with Gasteiger partial charge in [-0.25, -0.2) is 4.98 Å². The molecule has 0 aromatic carbocycles. The molecule has 3 rings (SSSR count). The first kappa shape index (κ1) is 13.9. The van der Waals surface area contributed by atoms with Gasteiger partial charge in [-0.15, -0.1) is 0 Å². The van der Waals surface area contributed by atoms with E-state index < -0.39 is 11.7 Å². The van der Waals surface area contributed by atoms with Crippen LogP contribution in [0.1, 0.15) is 16.1 Å². The lowest BCUT2D eigenvalue weighted by Gasteiger charge is -2.10. The number of hydrogen-bond donors (Lipinski definition) is 0. The quantitative estimate of drug-likeness (QED) is 0.645. The SMILES string of the molecule is O=Cc1cn2cc(-c3coc(Br)c3)cc(C(F)(F)F)c2n1. The number of alkyl halides is 3. The van der Waals surface area contributed by atoms with Gasteiger partial charge in [0.25, 0.3) is 0 Å². The zero-order valence-corrected chi connectivity index (χ0v) is 11.8. The van der Waals surface area contributed by atoms with E-state index in [4.69, 9.17) is 4.42 Å². The second kappa shape index (κ2) is 4.73. The highest BCUT2D eigenvalue weighted by atomic mass is 79.9. The van der Waals surface area contributed by atoms with Gasteiger partial charge in [-0.05, 0) is 28.1 Å². The molecule has 0 spiro atoms. The van der Waals surface area contributed by atoms with E-state index in [2.05, 4.69) is 20.9 Å². The first-order valence-corrected chi connectivity index (χ1v) is 6.47. The first-order chi connectivity index (χ1) is 9.88. The fourth-order valence-corrected chi connectivity index (χ4v) is 2.34. The number of hydrogen-bond acceptors (Lipinski definition) is 3. The van der Waals surface area contributed by atoms with Crippen LogP contribution in [0.3, 0.4) is 0 Å². The zero-order chi connectivity index (χ0) is 15.2. The summed E-state index contributed by atoms with van der Waals surface area (Å²) in [5.74, 6) is 0. The van der Waals surface area contributed by atoms with Gasteiger partial charge in [0.1, 0.15) is 11.3 Å². The van der Waals surface area contributed by atoms with Gasteiger partial charge >= 0.3 is 6.18 Å². The summed E-state index contributed by atoms with van der Waals surface area (Å²) in [6, 6.07) is 2.53. The summed E-state index contributed by atoms with van der Waals surface area (Å²) in [6.45, 7) is 0. The number of fused-ring (bicyclic) bond motifs is 1. The summed E-state index contributed by atoms with van der Waals surface area (Å²) in [5.41, 5.74) is -0.498. The highest BCUT2D eigenvalue weighted by Crippen LogP contribution is 2.35. The summed E-state index contributed by atoms with van der Waals surface area (Å²) in [7, 11) is 0. The van der Waals surface area contributed by atoms with Crippen molar-refractivity contribution in [2.75, 3.05) is 0 Å². The van der Waals surface area contributed by atoms with Crippen molar-refractivity contribution < 1.29 is 22.4 Å². The molecule has 21 heavy (non-hydrogen) atoms. The Morgan fingerprint density at radius 3 is 2.57 bits per heavy atom. The van der Waals surface area contributed by atoms with E-state index in [1.165, 1.54) is 23.1 Å². The highest BCUT2D eigenvalue weighted by molar-refractivity contribution is 9.10. The minimum Gasteiger partial charge on any atom is -0.457 e. The predicted octanol–water partition coefficient (Wildman–Crippen LogP) is 4.19. The van der Waals surface area contributed by atoms with Gasteiger partial charge in [0.15, 0.2) is 11.0 Å². The van der Waals surface area contributed by atoms with Crippen molar-refractivity contribution in [2.45, 2.75) is 6.18 Å². The smallest absolute Gasteiger partial charge is 0.420 e. The van der Waals surface area contributed by atoms with Gasteiger partial charge in [0, 0.05) is 23.5 Å². The number of carbonyl (C=O) groups is 1. The third-order valence-electron chi connectivity index (χ3n) is 2.90. The Kier molecular flexibility index (Phi) is 3.12. The van der Waals surface area contributed by atoms with Crippen LogP contribution in [-0.2, 0) is 6.18 Å². The van der Waals surface area contributed by atoms with E-state index in [-0.39, 0.29) is 11.3 Å². The highest BCUT2D eigenvalue weighted by Gasteiger charge is 2.34. The standard InChI is InChI=1S/C13H6BrF3N2O2/c14-11-2-8(6-21-11)7-1-10(13(15,16)17)12-18-9(5-20)4-19(12)3-7/h1-6H. The first-order valence-electron chi connectivity index (χ1n) is 5.68. The Balaban J connectivity index is 2.30. The molecule has 0 aliphatic heterocycles. The summed E-state index contributed by atoms with van der Waals surface area (Å²) in [6.07, 6.45) is -0.133. The van der Waals surface area contributed by atoms with Gasteiger partial charge in [0.05, 0.1) is 11.8 Å². The summed E-state index contributed by atoms with van der Waals surface area (Å²) < 4.78 is 46.1. The Bertz CT molecular complexity index is 836. The molecule has 0 saturated heterocycles. The molecule has 0 aliphatic carbocycles. The number of imidazole rings is 1. The summed E-state index contributed by atoms with van der Waals surface area (Å²) >= 11 is 3.10. The number of furan rings is 1. The second-order valence-corrected chi connectivity index (χ2v) is 5.08. The molecule has 0 bridgehead atoms. The molecule has 0 N–H and O–H groups in total. The molecular weight excluding hydrogens is 353 g/mol. The molecule has 0 atom stereocenters. The monoisotopic (exact) mass is 358 g/mol. The van der Waals surface area contributed by atoms with Crippen LogP contribution in [0.15, 0.2) is 39.9 Å². The Labute approximate surface area is 124 Å². The van der Waals surface area contributed by atoms with Crippen molar-refractivity contribution in [3.05, 3.63) is 46.7 Å². The largest absolute Gasteiger partial charge is 0.457 e. The lowest BCUT2D eigenvalue weighted by molar-refractivity contribution is -0.136. The maximum atomic E-state index is 13.2.